The third-order valence-corrected chi connectivity index (χ3v) is 3.82. The first kappa shape index (κ1) is 15.8. The van der Waals surface area contributed by atoms with Gasteiger partial charge in [-0.1, -0.05) is 23.7 Å². The fraction of sp³-hybridized carbons (Fsp3) is 0.286. The second-order valence-electron chi connectivity index (χ2n) is 4.85. The van der Waals surface area contributed by atoms with E-state index in [2.05, 4.69) is 5.32 Å². The van der Waals surface area contributed by atoms with Gasteiger partial charge in [0.25, 0.3) is 0 Å². The van der Waals surface area contributed by atoms with Crippen LogP contribution < -0.4 is 5.32 Å². The highest BCUT2D eigenvalue weighted by Crippen LogP contribution is 2.20. The van der Waals surface area contributed by atoms with Gasteiger partial charge in [-0.05, 0) is 31.4 Å². The zero-order chi connectivity index (χ0) is 15.4. The number of rotatable bonds is 5. The number of likely N-dealkylation sites (N-methyl/N-ethyl adjacent to an activating group) is 1. The number of hydrogen-bond donors (Lipinski definition) is 1. The van der Waals surface area contributed by atoms with Crippen molar-refractivity contribution in [3.05, 3.63) is 46.5 Å². The third kappa shape index (κ3) is 4.17. The highest BCUT2D eigenvalue weighted by Gasteiger charge is 2.09. The number of anilines is 1. The number of carbonyl (C=O) groups excluding carboxylic acids is 1. The number of nitrogens with one attached hydrogen (secondary N) is 1. The van der Waals surface area contributed by atoms with Gasteiger partial charge >= 0.3 is 0 Å². The number of halogens is 1. The summed E-state index contributed by atoms with van der Waals surface area (Å²) in [6.07, 6.45) is 3.78. The molecular weight excluding hydrogens is 308 g/mol. The smallest absolute Gasteiger partial charge is 0.238 e. The Morgan fingerprint density at radius 3 is 2.71 bits per heavy atom. The quantitative estimate of drug-likeness (QED) is 0.860. The van der Waals surface area contributed by atoms with E-state index in [1.165, 1.54) is 0 Å². The molecule has 0 saturated carbocycles. The average molecular weight is 325 g/mol. The van der Waals surface area contributed by atoms with Crippen LogP contribution in [0, 0.1) is 4.77 Å². The fourth-order valence-electron chi connectivity index (χ4n) is 1.93. The van der Waals surface area contributed by atoms with E-state index in [1.54, 1.807) is 12.1 Å². The van der Waals surface area contributed by atoms with Crippen molar-refractivity contribution in [1.29, 1.82) is 0 Å². The lowest BCUT2D eigenvalue weighted by atomic mass is 10.3. The lowest BCUT2D eigenvalue weighted by Gasteiger charge is -2.17. The number of carbonyl (C=O) groups is 1. The first-order valence-electron chi connectivity index (χ1n) is 6.42. The maximum atomic E-state index is 12.0. The Kier molecular flexibility index (Phi) is 5.17. The van der Waals surface area contributed by atoms with Crippen LogP contribution in [0.3, 0.4) is 0 Å². The Bertz CT molecular complexity index is 694. The summed E-state index contributed by atoms with van der Waals surface area (Å²) in [5.41, 5.74) is 0.619. The Morgan fingerprint density at radius 2 is 2.10 bits per heavy atom. The van der Waals surface area contributed by atoms with Crippen LogP contribution in [-0.4, -0.2) is 33.5 Å². The van der Waals surface area contributed by atoms with Crippen molar-refractivity contribution in [2.24, 2.45) is 7.05 Å². The Balaban J connectivity index is 1.92. The minimum Gasteiger partial charge on any atom is -0.327 e. The first-order chi connectivity index (χ1) is 9.97. The molecule has 2 rings (SSSR count). The topological polar surface area (TPSA) is 42.2 Å². The van der Waals surface area contributed by atoms with Crippen molar-refractivity contribution >= 4 is 35.4 Å². The standard InChI is InChI=1S/C14H17ClN4OS/c1-17(10-19-8-7-18(2)14(19)21)9-13(20)16-12-6-4-3-5-11(12)15/h3-8H,9-10H2,1-2H3,(H,16,20). The molecule has 21 heavy (non-hydrogen) atoms. The fourth-order valence-corrected chi connectivity index (χ4v) is 2.29. The molecule has 0 aliphatic rings. The number of aryl methyl sites for hydroxylation is 1. The van der Waals surface area contributed by atoms with Gasteiger partial charge in [0.05, 0.1) is 23.9 Å². The monoisotopic (exact) mass is 324 g/mol. The summed E-state index contributed by atoms with van der Waals surface area (Å²) in [4.78, 5) is 13.9. The van der Waals surface area contributed by atoms with Crippen LogP contribution >= 0.6 is 23.8 Å². The lowest BCUT2D eigenvalue weighted by molar-refractivity contribution is -0.117. The lowest BCUT2D eigenvalue weighted by Crippen LogP contribution is -2.31. The van der Waals surface area contributed by atoms with Crippen LogP contribution in [-0.2, 0) is 18.5 Å². The molecule has 0 atom stereocenters. The third-order valence-electron chi connectivity index (χ3n) is 2.97. The molecule has 1 aromatic heterocycles. The highest BCUT2D eigenvalue weighted by atomic mass is 35.5. The summed E-state index contributed by atoms with van der Waals surface area (Å²) < 4.78 is 4.47. The van der Waals surface area contributed by atoms with Gasteiger partial charge in [-0.3, -0.25) is 9.69 Å². The summed E-state index contributed by atoms with van der Waals surface area (Å²) in [5, 5.41) is 3.32. The van der Waals surface area contributed by atoms with Gasteiger partial charge in [0.15, 0.2) is 4.77 Å². The first-order valence-corrected chi connectivity index (χ1v) is 7.20. The molecule has 0 radical (unpaired) electrons. The van der Waals surface area contributed by atoms with Crippen LogP contribution in [0.4, 0.5) is 5.69 Å². The second kappa shape index (κ2) is 6.89. The summed E-state index contributed by atoms with van der Waals surface area (Å²) in [6.45, 7) is 0.803. The normalized spacial score (nSPS) is 10.9. The molecule has 0 aliphatic carbocycles. The number of benzene rings is 1. The van der Waals surface area contributed by atoms with Crippen LogP contribution in [0.1, 0.15) is 0 Å². The van der Waals surface area contributed by atoms with Crippen LogP contribution in [0.25, 0.3) is 0 Å². The van der Waals surface area contributed by atoms with Crippen LogP contribution in [0.5, 0.6) is 0 Å². The molecule has 1 N–H and O–H groups in total. The van der Waals surface area contributed by atoms with E-state index in [4.69, 9.17) is 23.8 Å². The largest absolute Gasteiger partial charge is 0.327 e. The molecule has 0 unspecified atom stereocenters. The van der Waals surface area contributed by atoms with Crippen LogP contribution in [0.2, 0.25) is 5.02 Å². The molecule has 0 aliphatic heterocycles. The zero-order valence-corrected chi connectivity index (χ0v) is 13.5. The minimum absolute atomic E-state index is 0.118. The molecule has 7 heteroatoms. The average Bonchev–Trinajstić information content (AvgIpc) is 2.73. The van der Waals surface area contributed by atoms with Gasteiger partial charge in [-0.25, -0.2) is 0 Å². The van der Waals surface area contributed by atoms with Gasteiger partial charge in [0.2, 0.25) is 5.91 Å². The second-order valence-corrected chi connectivity index (χ2v) is 5.62. The molecule has 2 aromatic rings. The molecule has 1 aromatic carbocycles. The number of para-hydroxylation sites is 1. The van der Waals surface area contributed by atoms with E-state index < -0.39 is 0 Å². The number of hydrogen-bond acceptors (Lipinski definition) is 3. The van der Waals surface area contributed by atoms with Gasteiger partial charge in [0.1, 0.15) is 0 Å². The maximum Gasteiger partial charge on any atom is 0.238 e. The van der Waals surface area contributed by atoms with Crippen molar-refractivity contribution in [2.75, 3.05) is 18.9 Å². The summed E-state index contributed by atoms with van der Waals surface area (Å²) in [6, 6.07) is 7.16. The van der Waals surface area contributed by atoms with E-state index in [9.17, 15) is 4.79 Å². The van der Waals surface area contributed by atoms with E-state index in [0.717, 1.165) is 0 Å². The number of aromatic nitrogens is 2. The van der Waals surface area contributed by atoms with Gasteiger partial charge in [-0.2, -0.15) is 0 Å². The van der Waals surface area contributed by atoms with Crippen molar-refractivity contribution in [1.82, 2.24) is 14.0 Å². The summed E-state index contributed by atoms with van der Waals surface area (Å²) >= 11 is 11.3. The Hall–Kier alpha value is -1.63. The summed E-state index contributed by atoms with van der Waals surface area (Å²) in [5.74, 6) is -0.118. The number of amides is 1. The van der Waals surface area contributed by atoms with Crippen LogP contribution in [0.15, 0.2) is 36.7 Å². The minimum atomic E-state index is -0.118. The van der Waals surface area contributed by atoms with E-state index in [0.29, 0.717) is 22.1 Å². The zero-order valence-electron chi connectivity index (χ0n) is 11.9. The van der Waals surface area contributed by atoms with Crippen molar-refractivity contribution in [3.8, 4) is 0 Å². The van der Waals surface area contributed by atoms with Crippen molar-refractivity contribution in [2.45, 2.75) is 6.67 Å². The van der Waals surface area contributed by atoms with Crippen molar-refractivity contribution < 1.29 is 4.79 Å². The SMILES string of the molecule is CN(CC(=O)Nc1ccccc1Cl)Cn1ccn(C)c1=S. The molecule has 0 bridgehead atoms. The van der Waals surface area contributed by atoms with E-state index >= 15 is 0 Å². The molecule has 1 amide bonds. The highest BCUT2D eigenvalue weighted by molar-refractivity contribution is 7.71. The number of nitrogens with zero attached hydrogens (tertiary/aromatic N) is 3. The van der Waals surface area contributed by atoms with Crippen molar-refractivity contribution in [3.63, 3.8) is 0 Å². The molecule has 1 heterocycles. The molecule has 0 saturated heterocycles. The predicted octanol–water partition coefficient (Wildman–Crippen LogP) is 2.74. The Morgan fingerprint density at radius 1 is 1.38 bits per heavy atom. The number of imidazole rings is 1. The molecule has 112 valence electrons. The van der Waals surface area contributed by atoms with Gasteiger partial charge in [-0.15, -0.1) is 0 Å². The molecule has 0 fully saturated rings. The van der Waals surface area contributed by atoms with Gasteiger partial charge in [0, 0.05) is 19.4 Å². The van der Waals surface area contributed by atoms with E-state index in [-0.39, 0.29) is 12.5 Å². The molecule has 5 nitrogen and oxygen atoms in total. The summed E-state index contributed by atoms with van der Waals surface area (Å²) in [7, 11) is 3.75. The molecule has 0 spiro atoms. The Labute approximate surface area is 133 Å². The predicted molar refractivity (Wildman–Crippen MR) is 86.9 cm³/mol. The molecular formula is C14H17ClN4OS. The maximum absolute atomic E-state index is 12.0. The van der Waals surface area contributed by atoms with E-state index in [1.807, 2.05) is 52.7 Å². The van der Waals surface area contributed by atoms with Gasteiger partial charge < -0.3 is 14.5 Å².